The second kappa shape index (κ2) is 8.06. The number of benzene rings is 2. The average Bonchev–Trinajstić information content (AvgIpc) is 2.89. The van der Waals surface area contributed by atoms with Crippen molar-refractivity contribution >= 4 is 33.0 Å². The maximum absolute atomic E-state index is 12.9. The van der Waals surface area contributed by atoms with Crippen LogP contribution in [0.1, 0.15) is 38.2 Å². The van der Waals surface area contributed by atoms with E-state index in [4.69, 9.17) is 0 Å². The molecule has 1 saturated heterocycles. The van der Waals surface area contributed by atoms with Crippen LogP contribution in [0.2, 0.25) is 0 Å². The summed E-state index contributed by atoms with van der Waals surface area (Å²) < 4.78 is 28.4. The van der Waals surface area contributed by atoms with E-state index >= 15 is 0 Å². The van der Waals surface area contributed by atoms with E-state index in [0.717, 1.165) is 30.3 Å². The Balaban J connectivity index is 1.49. The molecule has 154 valence electrons. The molecule has 0 aromatic heterocycles. The van der Waals surface area contributed by atoms with Gasteiger partial charge in [-0.25, -0.2) is 8.42 Å². The highest BCUT2D eigenvalue weighted by Gasteiger charge is 2.20. The third kappa shape index (κ3) is 4.56. The van der Waals surface area contributed by atoms with Crippen LogP contribution < -0.4 is 14.9 Å². The van der Waals surface area contributed by atoms with Gasteiger partial charge in [-0.3, -0.25) is 9.52 Å². The van der Waals surface area contributed by atoms with Crippen molar-refractivity contribution < 1.29 is 13.2 Å². The molecule has 2 aliphatic heterocycles. The van der Waals surface area contributed by atoms with E-state index in [9.17, 15) is 13.2 Å². The Labute approximate surface area is 172 Å². The number of carbonyl (C=O) groups excluding carboxylic acids is 1. The summed E-state index contributed by atoms with van der Waals surface area (Å²) in [6.45, 7) is 4.36. The average molecular weight is 414 g/mol. The van der Waals surface area contributed by atoms with Gasteiger partial charge in [0.1, 0.15) is 0 Å². The molecule has 29 heavy (non-hydrogen) atoms. The van der Waals surface area contributed by atoms with Crippen LogP contribution in [0, 0.1) is 5.92 Å². The molecule has 7 heteroatoms. The first-order valence-electron chi connectivity index (χ1n) is 10.2. The number of hydrogen-bond donors (Lipinski definition) is 2. The molecule has 0 atom stereocenters. The molecule has 2 aliphatic rings. The van der Waals surface area contributed by atoms with Gasteiger partial charge in [-0.15, -0.1) is 0 Å². The Morgan fingerprint density at radius 1 is 1.03 bits per heavy atom. The number of anilines is 3. The van der Waals surface area contributed by atoms with Gasteiger partial charge >= 0.3 is 0 Å². The molecule has 2 N–H and O–H groups in total. The van der Waals surface area contributed by atoms with E-state index in [-0.39, 0.29) is 10.8 Å². The number of sulfonamides is 1. The van der Waals surface area contributed by atoms with Gasteiger partial charge in [-0.05, 0) is 79.6 Å². The van der Waals surface area contributed by atoms with Crippen molar-refractivity contribution in [2.24, 2.45) is 5.92 Å². The normalized spacial score (nSPS) is 18.0. The Kier molecular flexibility index (Phi) is 5.50. The van der Waals surface area contributed by atoms with Gasteiger partial charge in [-0.2, -0.15) is 0 Å². The van der Waals surface area contributed by atoms with Gasteiger partial charge in [0.05, 0.1) is 4.90 Å². The van der Waals surface area contributed by atoms with Crippen LogP contribution in [0.5, 0.6) is 0 Å². The molecule has 4 rings (SSSR count). The molecule has 0 unspecified atom stereocenters. The van der Waals surface area contributed by atoms with E-state index in [0.29, 0.717) is 30.6 Å². The predicted molar refractivity (Wildman–Crippen MR) is 116 cm³/mol. The zero-order valence-corrected chi connectivity index (χ0v) is 17.5. The maximum Gasteiger partial charge on any atom is 0.261 e. The highest BCUT2D eigenvalue weighted by molar-refractivity contribution is 7.92. The number of nitrogens with one attached hydrogen (secondary N) is 2. The topological polar surface area (TPSA) is 78.5 Å². The molecule has 2 aromatic carbocycles. The molecular formula is C22H27N3O3S. The molecule has 1 fully saturated rings. The summed E-state index contributed by atoms with van der Waals surface area (Å²) in [7, 11) is -3.69. The second-order valence-electron chi connectivity index (χ2n) is 8.04. The number of aryl methyl sites for hydroxylation is 1. The fraction of sp³-hybridized carbons (Fsp3) is 0.409. The predicted octanol–water partition coefficient (Wildman–Crippen LogP) is 4.00. The first-order chi connectivity index (χ1) is 13.9. The van der Waals surface area contributed by atoms with E-state index in [1.807, 2.05) is 24.3 Å². The summed E-state index contributed by atoms with van der Waals surface area (Å²) in [6, 6.07) is 12.4. The summed E-state index contributed by atoms with van der Waals surface area (Å²) in [5.74, 6) is 0.743. The minimum absolute atomic E-state index is 0.0271. The van der Waals surface area contributed by atoms with Gasteiger partial charge in [0.15, 0.2) is 0 Å². The standard InChI is InChI=1S/C22H27N3O3S/c1-16-11-13-25(14-12-16)19-7-5-18(6-8-19)24-29(27,28)20-9-10-21-17(15-20)3-2-4-22(26)23-21/h5-10,15-16,24H,2-4,11-14H2,1H3,(H,23,26). The van der Waals surface area contributed by atoms with Crippen LogP contribution in [0.25, 0.3) is 0 Å². The summed E-state index contributed by atoms with van der Waals surface area (Å²) >= 11 is 0. The minimum atomic E-state index is -3.69. The fourth-order valence-electron chi connectivity index (χ4n) is 3.94. The molecular weight excluding hydrogens is 386 g/mol. The van der Waals surface area contributed by atoms with Gasteiger partial charge in [0, 0.05) is 36.6 Å². The molecule has 0 aliphatic carbocycles. The molecule has 0 radical (unpaired) electrons. The van der Waals surface area contributed by atoms with E-state index in [1.165, 1.54) is 18.9 Å². The Morgan fingerprint density at radius 3 is 2.48 bits per heavy atom. The van der Waals surface area contributed by atoms with Crippen LogP contribution in [0.3, 0.4) is 0 Å². The third-order valence-corrected chi connectivity index (χ3v) is 7.16. The van der Waals surface area contributed by atoms with Crippen LogP contribution in [0.15, 0.2) is 47.4 Å². The number of rotatable bonds is 4. The lowest BCUT2D eigenvalue weighted by atomic mass is 9.99. The number of fused-ring (bicyclic) bond motifs is 1. The molecule has 1 amide bonds. The maximum atomic E-state index is 12.9. The van der Waals surface area contributed by atoms with Crippen molar-refractivity contribution in [1.82, 2.24) is 0 Å². The number of piperidine rings is 1. The Hall–Kier alpha value is -2.54. The summed E-state index contributed by atoms with van der Waals surface area (Å²) in [5, 5.41) is 2.83. The lowest BCUT2D eigenvalue weighted by molar-refractivity contribution is -0.116. The van der Waals surface area contributed by atoms with Crippen molar-refractivity contribution in [2.75, 3.05) is 28.0 Å². The smallest absolute Gasteiger partial charge is 0.261 e. The lowest BCUT2D eigenvalue weighted by Gasteiger charge is -2.32. The van der Waals surface area contributed by atoms with Gasteiger partial charge < -0.3 is 10.2 Å². The van der Waals surface area contributed by atoms with Crippen molar-refractivity contribution in [3.8, 4) is 0 Å². The van der Waals surface area contributed by atoms with Crippen LogP contribution in [-0.2, 0) is 21.2 Å². The third-order valence-electron chi connectivity index (χ3n) is 5.78. The van der Waals surface area contributed by atoms with Crippen LogP contribution in [0.4, 0.5) is 17.1 Å². The summed E-state index contributed by atoms with van der Waals surface area (Å²) in [4.78, 5) is 14.2. The van der Waals surface area contributed by atoms with E-state index in [1.54, 1.807) is 12.1 Å². The van der Waals surface area contributed by atoms with Gasteiger partial charge in [0.2, 0.25) is 5.91 Å². The summed E-state index contributed by atoms with van der Waals surface area (Å²) in [6.07, 6.45) is 4.23. The molecule has 0 saturated carbocycles. The summed E-state index contributed by atoms with van der Waals surface area (Å²) in [5.41, 5.74) is 3.23. The molecule has 6 nitrogen and oxygen atoms in total. The van der Waals surface area contributed by atoms with Crippen molar-refractivity contribution in [1.29, 1.82) is 0 Å². The molecule has 0 spiro atoms. The number of carbonyl (C=O) groups is 1. The van der Waals surface area contributed by atoms with Gasteiger partial charge in [0.25, 0.3) is 10.0 Å². The van der Waals surface area contributed by atoms with E-state index < -0.39 is 10.0 Å². The Morgan fingerprint density at radius 2 is 1.76 bits per heavy atom. The quantitative estimate of drug-likeness (QED) is 0.794. The first-order valence-corrected chi connectivity index (χ1v) is 11.7. The highest BCUT2D eigenvalue weighted by Crippen LogP contribution is 2.28. The second-order valence-corrected chi connectivity index (χ2v) is 9.73. The molecule has 0 bridgehead atoms. The van der Waals surface area contributed by atoms with Crippen molar-refractivity contribution in [3.63, 3.8) is 0 Å². The highest BCUT2D eigenvalue weighted by atomic mass is 32.2. The van der Waals surface area contributed by atoms with Gasteiger partial charge in [-0.1, -0.05) is 6.92 Å². The SMILES string of the molecule is CC1CCN(c2ccc(NS(=O)(=O)c3ccc4c(c3)CCCC(=O)N4)cc2)CC1. The van der Waals surface area contributed by atoms with Crippen LogP contribution >= 0.6 is 0 Å². The largest absolute Gasteiger partial charge is 0.372 e. The minimum Gasteiger partial charge on any atom is -0.372 e. The molecule has 2 aromatic rings. The van der Waals surface area contributed by atoms with Crippen molar-refractivity contribution in [3.05, 3.63) is 48.0 Å². The monoisotopic (exact) mass is 413 g/mol. The number of hydrogen-bond acceptors (Lipinski definition) is 4. The van der Waals surface area contributed by atoms with Crippen LogP contribution in [-0.4, -0.2) is 27.4 Å². The number of amides is 1. The fourth-order valence-corrected chi connectivity index (χ4v) is 5.05. The molecule has 2 heterocycles. The van der Waals surface area contributed by atoms with Crippen molar-refractivity contribution in [2.45, 2.75) is 43.9 Å². The first kappa shape index (κ1) is 19.8. The lowest BCUT2D eigenvalue weighted by Crippen LogP contribution is -2.32. The Bertz CT molecular complexity index is 994. The number of nitrogens with zero attached hydrogens (tertiary/aromatic N) is 1. The zero-order chi connectivity index (χ0) is 20.4. The zero-order valence-electron chi connectivity index (χ0n) is 16.6. The van der Waals surface area contributed by atoms with E-state index in [2.05, 4.69) is 21.9 Å².